The summed E-state index contributed by atoms with van der Waals surface area (Å²) < 4.78 is 39.3. The fourth-order valence-electron chi connectivity index (χ4n) is 2.88. The van der Waals surface area contributed by atoms with Crippen LogP contribution in [0.4, 0.5) is 13.2 Å². The monoisotopic (exact) mass is 398 g/mol. The molecule has 1 aromatic carbocycles. The minimum atomic E-state index is -4.99. The average Bonchev–Trinajstić information content (AvgIpc) is 3.06. The maximum Gasteiger partial charge on any atom is 0.417 e. The van der Waals surface area contributed by atoms with Crippen molar-refractivity contribution in [3.05, 3.63) is 39.9 Å². The van der Waals surface area contributed by atoms with Crippen LogP contribution in [0.15, 0.2) is 23.0 Å². The number of hydrogen-bond donors (Lipinski definition) is 3. The molecule has 1 aromatic heterocycles. The van der Waals surface area contributed by atoms with Gasteiger partial charge in [0.1, 0.15) is 5.82 Å². The van der Waals surface area contributed by atoms with E-state index in [2.05, 4.69) is 4.98 Å². The molecule has 1 aliphatic heterocycles. The molecule has 0 saturated heterocycles. The molecular formula is C17H17F3N4O4. The Morgan fingerprint density at radius 3 is 2.68 bits per heavy atom. The summed E-state index contributed by atoms with van der Waals surface area (Å²) in [4.78, 5) is 40.5. The van der Waals surface area contributed by atoms with Crippen LogP contribution in [0.1, 0.15) is 35.9 Å². The molecule has 28 heavy (non-hydrogen) atoms. The Kier molecular flexibility index (Phi) is 4.88. The Balaban J connectivity index is 1.71. The molecule has 2 aromatic rings. The van der Waals surface area contributed by atoms with Gasteiger partial charge in [-0.05, 0) is 31.5 Å². The number of fused-ring (bicyclic) bond motifs is 2. The van der Waals surface area contributed by atoms with Gasteiger partial charge in [-0.1, -0.05) is 0 Å². The van der Waals surface area contributed by atoms with Gasteiger partial charge in [0.15, 0.2) is 5.60 Å². The molecule has 0 fully saturated rings. The fraction of sp³-hybridized carbons (Fsp3) is 0.412. The normalized spacial score (nSPS) is 15.8. The van der Waals surface area contributed by atoms with Crippen LogP contribution in [0.3, 0.4) is 0 Å². The van der Waals surface area contributed by atoms with Crippen LogP contribution < -0.4 is 16.4 Å². The molecule has 0 unspecified atom stereocenters. The molecule has 150 valence electrons. The Labute approximate surface area is 156 Å². The van der Waals surface area contributed by atoms with Gasteiger partial charge in [-0.25, -0.2) is 4.98 Å². The van der Waals surface area contributed by atoms with Gasteiger partial charge < -0.3 is 5.11 Å². The molecule has 3 N–H and O–H groups in total. The first-order valence-corrected chi connectivity index (χ1v) is 8.41. The maximum atomic E-state index is 12.6. The average molecular weight is 398 g/mol. The van der Waals surface area contributed by atoms with Crippen molar-refractivity contribution in [2.75, 3.05) is 0 Å². The summed E-state index contributed by atoms with van der Waals surface area (Å²) in [6, 6.07) is 4.14. The number of carbonyl (C=O) groups excluding carboxylic acids is 2. The van der Waals surface area contributed by atoms with Gasteiger partial charge in [0.05, 0.1) is 17.3 Å². The number of rotatable bonds is 3. The number of halogens is 3. The summed E-state index contributed by atoms with van der Waals surface area (Å²) in [5.74, 6) is -1.40. The number of carbonyl (C=O) groups is 2. The highest BCUT2D eigenvalue weighted by Gasteiger charge is 2.51. The largest absolute Gasteiger partial charge is 0.417 e. The number of benzene rings is 1. The SMILES string of the molecule is C[C@@](O)(CC(=O)NNC(=O)c1ccc2c(=O)n3c(nc2c1)CCC3)C(F)(F)F. The Morgan fingerprint density at radius 2 is 2.00 bits per heavy atom. The first-order valence-electron chi connectivity index (χ1n) is 8.41. The van der Waals surface area contributed by atoms with Crippen LogP contribution in [0.5, 0.6) is 0 Å². The molecule has 11 heteroatoms. The van der Waals surface area contributed by atoms with Gasteiger partial charge in [-0.3, -0.25) is 29.8 Å². The van der Waals surface area contributed by atoms with Gasteiger partial charge in [0.2, 0.25) is 5.91 Å². The molecule has 2 heterocycles. The van der Waals surface area contributed by atoms with Crippen LogP contribution in [0, 0.1) is 0 Å². The molecule has 8 nitrogen and oxygen atoms in total. The van der Waals surface area contributed by atoms with Crippen molar-refractivity contribution in [3.8, 4) is 0 Å². The van der Waals surface area contributed by atoms with E-state index in [9.17, 15) is 32.7 Å². The zero-order valence-corrected chi connectivity index (χ0v) is 14.8. The van der Waals surface area contributed by atoms with Gasteiger partial charge in [0, 0.05) is 18.5 Å². The van der Waals surface area contributed by atoms with Crippen molar-refractivity contribution in [3.63, 3.8) is 0 Å². The van der Waals surface area contributed by atoms with Gasteiger partial charge >= 0.3 is 6.18 Å². The molecule has 1 atom stereocenters. The quantitative estimate of drug-likeness (QED) is 0.662. The summed E-state index contributed by atoms with van der Waals surface area (Å²) >= 11 is 0. The minimum Gasteiger partial charge on any atom is -0.380 e. The third-order valence-corrected chi connectivity index (χ3v) is 4.51. The van der Waals surface area contributed by atoms with Crippen LogP contribution in [-0.2, 0) is 17.8 Å². The van der Waals surface area contributed by atoms with E-state index in [1.165, 1.54) is 18.2 Å². The molecule has 1 aliphatic rings. The lowest BCUT2D eigenvalue weighted by molar-refractivity contribution is -0.253. The van der Waals surface area contributed by atoms with Crippen molar-refractivity contribution in [1.29, 1.82) is 0 Å². The van der Waals surface area contributed by atoms with Crippen molar-refractivity contribution >= 4 is 22.7 Å². The highest BCUT2D eigenvalue weighted by Crippen LogP contribution is 2.32. The van der Waals surface area contributed by atoms with Gasteiger partial charge in [0.25, 0.3) is 11.5 Å². The van der Waals surface area contributed by atoms with Gasteiger partial charge in [-0.15, -0.1) is 0 Å². The van der Waals surface area contributed by atoms with E-state index in [0.29, 0.717) is 36.6 Å². The standard InChI is InChI=1S/C17H17F3N4O4/c1-16(28,17(18,19)20)8-13(25)22-23-14(26)9-4-5-10-11(7-9)21-12-3-2-6-24(12)15(10)27/h4-5,7,28H,2-3,6,8H2,1H3,(H,22,25)(H,23,26)/t16-/m1/s1. The Hall–Kier alpha value is -2.95. The molecule has 0 radical (unpaired) electrons. The van der Waals surface area contributed by atoms with Crippen LogP contribution in [0.2, 0.25) is 0 Å². The molecule has 0 bridgehead atoms. The number of aryl methyl sites for hydroxylation is 1. The molecule has 3 rings (SSSR count). The fourth-order valence-corrected chi connectivity index (χ4v) is 2.88. The van der Waals surface area contributed by atoms with Crippen molar-refractivity contribution in [2.45, 2.75) is 44.5 Å². The summed E-state index contributed by atoms with van der Waals surface area (Å²) in [6.45, 7) is 1.05. The number of aliphatic hydroxyl groups is 1. The van der Waals surface area contributed by atoms with Crippen LogP contribution in [0.25, 0.3) is 10.9 Å². The smallest absolute Gasteiger partial charge is 0.380 e. The highest BCUT2D eigenvalue weighted by atomic mass is 19.4. The number of aromatic nitrogens is 2. The minimum absolute atomic E-state index is 0.0604. The molecular weight excluding hydrogens is 381 g/mol. The predicted octanol–water partition coefficient (Wildman–Crippen LogP) is 0.807. The first kappa shape index (κ1) is 19.8. The van der Waals surface area contributed by atoms with Crippen LogP contribution >= 0.6 is 0 Å². The lowest BCUT2D eigenvalue weighted by Crippen LogP contribution is -2.49. The summed E-state index contributed by atoms with van der Waals surface area (Å²) in [5.41, 5.74) is 0.752. The molecule has 0 aliphatic carbocycles. The topological polar surface area (TPSA) is 113 Å². The van der Waals surface area contributed by atoms with E-state index in [-0.39, 0.29) is 11.1 Å². The molecule has 2 amide bonds. The third kappa shape index (κ3) is 3.70. The Morgan fingerprint density at radius 1 is 1.29 bits per heavy atom. The summed E-state index contributed by atoms with van der Waals surface area (Å²) in [7, 11) is 0. The zero-order valence-electron chi connectivity index (χ0n) is 14.8. The Bertz CT molecular complexity index is 1010. The van der Waals surface area contributed by atoms with E-state index in [0.717, 1.165) is 6.42 Å². The van der Waals surface area contributed by atoms with Crippen molar-refractivity contribution in [1.82, 2.24) is 20.4 Å². The second-order valence-corrected chi connectivity index (χ2v) is 6.77. The zero-order chi connectivity index (χ0) is 20.7. The predicted molar refractivity (Wildman–Crippen MR) is 91.2 cm³/mol. The number of hydrogen-bond acceptors (Lipinski definition) is 5. The van der Waals surface area contributed by atoms with E-state index in [4.69, 9.17) is 0 Å². The number of nitrogens with zero attached hydrogens (tertiary/aromatic N) is 2. The van der Waals surface area contributed by atoms with E-state index in [1.807, 2.05) is 10.9 Å². The third-order valence-electron chi connectivity index (χ3n) is 4.51. The maximum absolute atomic E-state index is 12.6. The number of alkyl halides is 3. The second kappa shape index (κ2) is 6.89. The summed E-state index contributed by atoms with van der Waals surface area (Å²) in [6.07, 6.45) is -4.82. The van der Waals surface area contributed by atoms with Crippen LogP contribution in [-0.4, -0.2) is 38.2 Å². The molecule has 0 spiro atoms. The lowest BCUT2D eigenvalue weighted by atomic mass is 10.0. The van der Waals surface area contributed by atoms with Gasteiger partial charge in [-0.2, -0.15) is 13.2 Å². The number of nitrogens with one attached hydrogen (secondary N) is 2. The lowest BCUT2D eigenvalue weighted by Gasteiger charge is -2.25. The van der Waals surface area contributed by atoms with E-state index >= 15 is 0 Å². The van der Waals surface area contributed by atoms with E-state index < -0.39 is 30.0 Å². The highest BCUT2D eigenvalue weighted by molar-refractivity contribution is 5.98. The van der Waals surface area contributed by atoms with E-state index in [1.54, 1.807) is 4.57 Å². The van der Waals surface area contributed by atoms with Crippen molar-refractivity contribution in [2.24, 2.45) is 0 Å². The molecule has 0 saturated carbocycles. The van der Waals surface area contributed by atoms with Crippen molar-refractivity contribution < 1.29 is 27.9 Å². The number of hydrazine groups is 1. The second-order valence-electron chi connectivity index (χ2n) is 6.77. The first-order chi connectivity index (χ1) is 13.0. The number of amides is 2. The summed E-state index contributed by atoms with van der Waals surface area (Å²) in [5, 5.41) is 9.63.